The molecule has 104 valence electrons. The van der Waals surface area contributed by atoms with Gasteiger partial charge in [0, 0.05) is 12.6 Å². The van der Waals surface area contributed by atoms with Crippen molar-refractivity contribution in [3.63, 3.8) is 0 Å². The Kier molecular flexibility index (Phi) is 3.79. The van der Waals surface area contributed by atoms with Gasteiger partial charge in [-0.15, -0.1) is 0 Å². The Bertz CT molecular complexity index is 437. The molecule has 0 bridgehead atoms. The van der Waals surface area contributed by atoms with E-state index in [9.17, 15) is 5.11 Å². The van der Waals surface area contributed by atoms with Crippen molar-refractivity contribution in [1.29, 1.82) is 0 Å². The number of fused-ring (bicyclic) bond motifs is 1. The van der Waals surface area contributed by atoms with Gasteiger partial charge in [0.2, 0.25) is 0 Å². The number of phenolic OH excluding ortho intramolecular Hbond substituents is 1. The van der Waals surface area contributed by atoms with Gasteiger partial charge >= 0.3 is 0 Å². The van der Waals surface area contributed by atoms with Gasteiger partial charge in [-0.2, -0.15) is 0 Å². The second-order valence-corrected chi connectivity index (χ2v) is 6.38. The first kappa shape index (κ1) is 13.0. The van der Waals surface area contributed by atoms with Crippen LogP contribution >= 0.6 is 0 Å². The van der Waals surface area contributed by atoms with E-state index < -0.39 is 0 Å². The van der Waals surface area contributed by atoms with Crippen molar-refractivity contribution in [3.05, 3.63) is 29.3 Å². The van der Waals surface area contributed by atoms with Crippen LogP contribution in [0.5, 0.6) is 5.75 Å². The molecule has 0 spiro atoms. The zero-order chi connectivity index (χ0) is 13.2. The molecule has 1 fully saturated rings. The minimum atomic E-state index is 0.417. The van der Waals surface area contributed by atoms with E-state index in [4.69, 9.17) is 0 Å². The van der Waals surface area contributed by atoms with Crippen molar-refractivity contribution in [3.8, 4) is 5.75 Å². The quantitative estimate of drug-likeness (QED) is 0.890. The Morgan fingerprint density at radius 3 is 2.74 bits per heavy atom. The predicted octanol–water partition coefficient (Wildman–Crippen LogP) is 3.89. The van der Waals surface area contributed by atoms with Crippen LogP contribution in [0.15, 0.2) is 18.2 Å². The Balaban J connectivity index is 1.76. The monoisotopic (exact) mass is 259 g/mol. The van der Waals surface area contributed by atoms with Gasteiger partial charge in [0.05, 0.1) is 0 Å². The number of hydrogen-bond acceptors (Lipinski definition) is 2. The molecule has 0 heterocycles. The summed E-state index contributed by atoms with van der Waals surface area (Å²) >= 11 is 0. The lowest BCUT2D eigenvalue weighted by Gasteiger charge is -2.34. The van der Waals surface area contributed by atoms with Gasteiger partial charge in [-0.3, -0.25) is 4.90 Å². The highest BCUT2D eigenvalue weighted by Gasteiger charge is 2.26. The number of rotatable bonds is 3. The summed E-state index contributed by atoms with van der Waals surface area (Å²) in [5.74, 6) is 1.31. The minimum absolute atomic E-state index is 0.417. The molecule has 3 rings (SSSR count). The fourth-order valence-electron chi connectivity index (χ4n) is 3.95. The zero-order valence-electron chi connectivity index (χ0n) is 11.9. The summed E-state index contributed by atoms with van der Waals surface area (Å²) < 4.78 is 0. The van der Waals surface area contributed by atoms with E-state index in [0.29, 0.717) is 11.8 Å². The number of benzene rings is 1. The number of aryl methyl sites for hydroxylation is 1. The van der Waals surface area contributed by atoms with Gasteiger partial charge in [-0.05, 0) is 68.3 Å². The Labute approximate surface area is 116 Å². The summed E-state index contributed by atoms with van der Waals surface area (Å²) in [6.07, 6.45) is 9.33. The number of hydrogen-bond donors (Lipinski definition) is 1. The van der Waals surface area contributed by atoms with Crippen LogP contribution in [0, 0.1) is 5.92 Å². The molecule has 0 radical (unpaired) electrons. The van der Waals surface area contributed by atoms with E-state index in [1.807, 2.05) is 12.1 Å². The van der Waals surface area contributed by atoms with Crippen LogP contribution in [-0.4, -0.2) is 23.6 Å². The maximum atomic E-state index is 9.75. The second kappa shape index (κ2) is 5.54. The smallest absolute Gasteiger partial charge is 0.115 e. The first-order valence-electron chi connectivity index (χ1n) is 7.76. The largest absolute Gasteiger partial charge is 0.508 e. The van der Waals surface area contributed by atoms with E-state index in [1.165, 1.54) is 62.6 Å². The lowest BCUT2D eigenvalue weighted by atomic mass is 9.86. The zero-order valence-corrected chi connectivity index (χ0v) is 11.9. The third kappa shape index (κ3) is 2.79. The van der Waals surface area contributed by atoms with Crippen molar-refractivity contribution in [2.24, 2.45) is 5.92 Å². The van der Waals surface area contributed by atoms with Crippen LogP contribution < -0.4 is 0 Å². The molecule has 0 aromatic heterocycles. The molecule has 1 atom stereocenters. The van der Waals surface area contributed by atoms with E-state index in [2.05, 4.69) is 18.0 Å². The van der Waals surface area contributed by atoms with Gasteiger partial charge in [-0.1, -0.05) is 18.9 Å². The maximum Gasteiger partial charge on any atom is 0.115 e. The predicted molar refractivity (Wildman–Crippen MR) is 78.4 cm³/mol. The first-order valence-corrected chi connectivity index (χ1v) is 7.76. The highest BCUT2D eigenvalue weighted by Crippen LogP contribution is 2.37. The fraction of sp³-hybridized carbons (Fsp3) is 0.647. The molecule has 19 heavy (non-hydrogen) atoms. The standard InChI is InChI=1S/C17H25NO/c1-18(12-13-5-2-3-6-13)17-8-4-7-14-9-10-15(19)11-16(14)17/h9-11,13,17,19H,2-8,12H2,1H3. The third-order valence-electron chi connectivity index (χ3n) is 4.97. The summed E-state index contributed by atoms with van der Waals surface area (Å²) in [4.78, 5) is 2.54. The van der Waals surface area contributed by atoms with Crippen LogP contribution in [0.2, 0.25) is 0 Å². The van der Waals surface area contributed by atoms with Crippen molar-refractivity contribution in [1.82, 2.24) is 4.90 Å². The van der Waals surface area contributed by atoms with Gasteiger partial charge in [0.1, 0.15) is 5.75 Å². The van der Waals surface area contributed by atoms with Crippen molar-refractivity contribution < 1.29 is 5.11 Å². The van der Waals surface area contributed by atoms with E-state index in [0.717, 1.165) is 5.92 Å². The Morgan fingerprint density at radius 1 is 1.16 bits per heavy atom. The average Bonchev–Trinajstić information content (AvgIpc) is 2.90. The fourth-order valence-corrected chi connectivity index (χ4v) is 3.95. The van der Waals surface area contributed by atoms with Gasteiger partial charge in [0.15, 0.2) is 0 Å². The summed E-state index contributed by atoms with van der Waals surface area (Å²) in [7, 11) is 2.27. The molecule has 2 aliphatic rings. The Morgan fingerprint density at radius 2 is 1.95 bits per heavy atom. The summed E-state index contributed by atoms with van der Waals surface area (Å²) in [5.41, 5.74) is 2.80. The van der Waals surface area contributed by atoms with Crippen LogP contribution in [-0.2, 0) is 6.42 Å². The number of phenols is 1. The molecule has 1 N–H and O–H groups in total. The van der Waals surface area contributed by atoms with Gasteiger partial charge in [0.25, 0.3) is 0 Å². The van der Waals surface area contributed by atoms with E-state index in [1.54, 1.807) is 0 Å². The highest BCUT2D eigenvalue weighted by atomic mass is 16.3. The molecular weight excluding hydrogens is 234 g/mol. The molecule has 0 aliphatic heterocycles. The van der Waals surface area contributed by atoms with Crippen molar-refractivity contribution >= 4 is 0 Å². The SMILES string of the molecule is CN(CC1CCCC1)C1CCCc2ccc(O)cc21. The van der Waals surface area contributed by atoms with Gasteiger partial charge in [-0.25, -0.2) is 0 Å². The molecule has 2 aliphatic carbocycles. The van der Waals surface area contributed by atoms with Crippen LogP contribution in [0.1, 0.15) is 55.7 Å². The number of aromatic hydroxyl groups is 1. The van der Waals surface area contributed by atoms with Crippen molar-refractivity contribution in [2.75, 3.05) is 13.6 Å². The lowest BCUT2D eigenvalue weighted by molar-refractivity contribution is 0.189. The molecule has 1 aromatic carbocycles. The molecule has 0 amide bonds. The normalized spacial score (nSPS) is 23.8. The van der Waals surface area contributed by atoms with Crippen molar-refractivity contribution in [2.45, 2.75) is 51.0 Å². The average molecular weight is 259 g/mol. The lowest BCUT2D eigenvalue weighted by Crippen LogP contribution is -2.31. The Hall–Kier alpha value is -1.02. The van der Waals surface area contributed by atoms with E-state index in [-0.39, 0.29) is 0 Å². The topological polar surface area (TPSA) is 23.5 Å². The third-order valence-corrected chi connectivity index (χ3v) is 4.97. The summed E-state index contributed by atoms with van der Waals surface area (Å²) in [6.45, 7) is 1.22. The first-order chi connectivity index (χ1) is 9.24. The molecule has 1 saturated carbocycles. The summed E-state index contributed by atoms with van der Waals surface area (Å²) in [6, 6.07) is 6.44. The number of nitrogens with zero attached hydrogens (tertiary/aromatic N) is 1. The molecule has 0 saturated heterocycles. The molecular formula is C17H25NO. The highest BCUT2D eigenvalue weighted by molar-refractivity contribution is 5.38. The second-order valence-electron chi connectivity index (χ2n) is 6.38. The summed E-state index contributed by atoms with van der Waals surface area (Å²) in [5, 5.41) is 9.75. The van der Waals surface area contributed by atoms with Crippen LogP contribution in [0.3, 0.4) is 0 Å². The van der Waals surface area contributed by atoms with Gasteiger partial charge < -0.3 is 5.11 Å². The minimum Gasteiger partial charge on any atom is -0.508 e. The van der Waals surface area contributed by atoms with Crippen LogP contribution in [0.4, 0.5) is 0 Å². The molecule has 2 nitrogen and oxygen atoms in total. The molecule has 2 heteroatoms. The molecule has 1 unspecified atom stereocenters. The molecule has 1 aromatic rings. The van der Waals surface area contributed by atoms with E-state index >= 15 is 0 Å². The maximum absolute atomic E-state index is 9.75. The van der Waals surface area contributed by atoms with Crippen LogP contribution in [0.25, 0.3) is 0 Å².